The highest BCUT2D eigenvalue weighted by molar-refractivity contribution is 6.30. The minimum Gasteiger partial charge on any atom is -0.496 e. The number of ether oxygens (including phenoxy) is 1. The fourth-order valence-electron chi connectivity index (χ4n) is 2.22. The molecule has 0 spiro atoms. The topological polar surface area (TPSA) is 29.5 Å². The number of halogens is 2. The highest BCUT2D eigenvalue weighted by Crippen LogP contribution is 2.27. The van der Waals surface area contributed by atoms with Crippen LogP contribution in [-0.4, -0.2) is 36.4 Å². The highest BCUT2D eigenvalue weighted by Gasteiger charge is 2.29. The Morgan fingerprint density at radius 3 is 2.84 bits per heavy atom. The molecule has 19 heavy (non-hydrogen) atoms. The van der Waals surface area contributed by atoms with Crippen LogP contribution in [0.25, 0.3) is 0 Å². The first-order valence-corrected chi connectivity index (χ1v) is 7.11. The number of piperidine rings is 1. The first-order chi connectivity index (χ1) is 9.02. The van der Waals surface area contributed by atoms with Crippen molar-refractivity contribution in [2.45, 2.75) is 18.7 Å². The third kappa shape index (κ3) is 3.15. The lowest BCUT2D eigenvalue weighted by Crippen LogP contribution is -2.43. The third-order valence-electron chi connectivity index (χ3n) is 3.55. The van der Waals surface area contributed by atoms with Gasteiger partial charge in [-0.15, -0.1) is 11.6 Å². The number of hydrogen-bond donors (Lipinski definition) is 0. The Bertz CT molecular complexity index is 479. The van der Waals surface area contributed by atoms with Crippen LogP contribution in [0.4, 0.5) is 0 Å². The predicted octanol–water partition coefficient (Wildman–Crippen LogP) is 3.44. The zero-order valence-electron chi connectivity index (χ0n) is 11.0. The summed E-state index contributed by atoms with van der Waals surface area (Å²) in [6.45, 7) is 3.42. The van der Waals surface area contributed by atoms with Gasteiger partial charge in [0.2, 0.25) is 0 Å². The molecule has 1 aromatic carbocycles. The molecule has 3 nitrogen and oxygen atoms in total. The normalized spacial score (nSPS) is 23.3. The van der Waals surface area contributed by atoms with Crippen LogP contribution in [0.3, 0.4) is 0 Å². The van der Waals surface area contributed by atoms with E-state index in [9.17, 15) is 4.79 Å². The number of amides is 1. The van der Waals surface area contributed by atoms with Gasteiger partial charge in [0.1, 0.15) is 5.75 Å². The van der Waals surface area contributed by atoms with Crippen LogP contribution in [0, 0.1) is 5.92 Å². The van der Waals surface area contributed by atoms with Gasteiger partial charge in [0.25, 0.3) is 5.91 Å². The lowest BCUT2D eigenvalue weighted by Gasteiger charge is -2.34. The molecule has 0 radical (unpaired) electrons. The molecule has 104 valence electrons. The molecule has 1 aromatic rings. The van der Waals surface area contributed by atoms with Gasteiger partial charge in [0, 0.05) is 18.1 Å². The van der Waals surface area contributed by atoms with E-state index >= 15 is 0 Å². The van der Waals surface area contributed by atoms with Gasteiger partial charge < -0.3 is 9.64 Å². The second-order valence-electron chi connectivity index (χ2n) is 4.88. The average Bonchev–Trinajstić information content (AvgIpc) is 2.41. The number of methoxy groups -OCH3 is 1. The van der Waals surface area contributed by atoms with Crippen molar-refractivity contribution in [3.8, 4) is 5.75 Å². The molecular weight excluding hydrogens is 285 g/mol. The lowest BCUT2D eigenvalue weighted by atomic mass is 9.98. The molecule has 0 saturated carbocycles. The minimum atomic E-state index is -0.0499. The molecule has 5 heteroatoms. The standard InChI is InChI=1S/C14H17Cl2NO2/c1-9-5-6-17(8-12(9)16)14(18)11-4-3-10(15)7-13(11)19-2/h3-4,7,9,12H,5-6,8H2,1-2H3. The molecule has 0 aliphatic carbocycles. The van der Waals surface area contributed by atoms with E-state index in [1.807, 2.05) is 0 Å². The fraction of sp³-hybridized carbons (Fsp3) is 0.500. The van der Waals surface area contributed by atoms with Crippen LogP contribution in [0.2, 0.25) is 5.02 Å². The molecule has 2 unspecified atom stereocenters. The second kappa shape index (κ2) is 6.02. The van der Waals surface area contributed by atoms with Crippen LogP contribution in [0.5, 0.6) is 5.75 Å². The van der Waals surface area contributed by atoms with E-state index in [1.54, 1.807) is 23.1 Å². The van der Waals surface area contributed by atoms with E-state index in [-0.39, 0.29) is 11.3 Å². The van der Waals surface area contributed by atoms with E-state index in [2.05, 4.69) is 6.92 Å². The summed E-state index contributed by atoms with van der Waals surface area (Å²) >= 11 is 12.1. The van der Waals surface area contributed by atoms with Gasteiger partial charge >= 0.3 is 0 Å². The van der Waals surface area contributed by atoms with E-state index in [0.717, 1.165) is 13.0 Å². The van der Waals surface area contributed by atoms with E-state index in [4.69, 9.17) is 27.9 Å². The maximum absolute atomic E-state index is 12.5. The van der Waals surface area contributed by atoms with Gasteiger partial charge in [0.15, 0.2) is 0 Å². The summed E-state index contributed by atoms with van der Waals surface area (Å²) < 4.78 is 5.22. The van der Waals surface area contributed by atoms with Crippen LogP contribution < -0.4 is 4.74 Å². The summed E-state index contributed by atoms with van der Waals surface area (Å²) in [7, 11) is 1.53. The van der Waals surface area contributed by atoms with Crippen molar-refractivity contribution in [1.82, 2.24) is 4.90 Å². The number of carbonyl (C=O) groups excluding carboxylic acids is 1. The van der Waals surface area contributed by atoms with Crippen LogP contribution in [0.15, 0.2) is 18.2 Å². The number of rotatable bonds is 2. The van der Waals surface area contributed by atoms with Crippen molar-refractivity contribution in [1.29, 1.82) is 0 Å². The van der Waals surface area contributed by atoms with Gasteiger partial charge in [-0.05, 0) is 30.5 Å². The minimum absolute atomic E-state index is 0.0102. The third-order valence-corrected chi connectivity index (χ3v) is 4.35. The molecule has 1 heterocycles. The number of carbonyl (C=O) groups is 1. The quantitative estimate of drug-likeness (QED) is 0.783. The van der Waals surface area contributed by atoms with Gasteiger partial charge in [-0.25, -0.2) is 0 Å². The monoisotopic (exact) mass is 301 g/mol. The molecule has 0 aromatic heterocycles. The summed E-state index contributed by atoms with van der Waals surface area (Å²) in [5, 5.41) is 0.562. The van der Waals surface area contributed by atoms with Crippen molar-refractivity contribution < 1.29 is 9.53 Å². The van der Waals surface area contributed by atoms with Crippen molar-refractivity contribution in [3.05, 3.63) is 28.8 Å². The molecule has 0 bridgehead atoms. The highest BCUT2D eigenvalue weighted by atomic mass is 35.5. The molecule has 1 aliphatic heterocycles. The molecule has 1 amide bonds. The Balaban J connectivity index is 2.20. The fourth-order valence-corrected chi connectivity index (χ4v) is 2.67. The Morgan fingerprint density at radius 1 is 1.47 bits per heavy atom. The summed E-state index contributed by atoms with van der Waals surface area (Å²) in [5.41, 5.74) is 0.533. The van der Waals surface area contributed by atoms with Crippen molar-refractivity contribution in [2.24, 2.45) is 5.92 Å². The maximum atomic E-state index is 12.5. The Hall–Kier alpha value is -0.930. The van der Waals surface area contributed by atoms with Crippen LogP contribution in [0.1, 0.15) is 23.7 Å². The van der Waals surface area contributed by atoms with Crippen molar-refractivity contribution in [3.63, 3.8) is 0 Å². The van der Waals surface area contributed by atoms with Gasteiger partial charge in [-0.3, -0.25) is 4.79 Å². The number of hydrogen-bond acceptors (Lipinski definition) is 2. The molecule has 2 rings (SSSR count). The molecule has 0 N–H and O–H groups in total. The maximum Gasteiger partial charge on any atom is 0.257 e. The largest absolute Gasteiger partial charge is 0.496 e. The zero-order valence-corrected chi connectivity index (χ0v) is 12.5. The van der Waals surface area contributed by atoms with Crippen LogP contribution in [-0.2, 0) is 0 Å². The summed E-state index contributed by atoms with van der Waals surface area (Å²) in [6, 6.07) is 5.05. The number of benzene rings is 1. The van der Waals surface area contributed by atoms with E-state index in [0.29, 0.717) is 28.8 Å². The van der Waals surface area contributed by atoms with Crippen molar-refractivity contribution in [2.75, 3.05) is 20.2 Å². The zero-order chi connectivity index (χ0) is 14.0. The average molecular weight is 302 g/mol. The molecule has 1 fully saturated rings. The van der Waals surface area contributed by atoms with Crippen LogP contribution >= 0.6 is 23.2 Å². The molecule has 2 atom stereocenters. The number of alkyl halides is 1. The Morgan fingerprint density at radius 2 is 2.21 bits per heavy atom. The summed E-state index contributed by atoms with van der Waals surface area (Å²) in [5.74, 6) is 0.895. The lowest BCUT2D eigenvalue weighted by molar-refractivity contribution is 0.0698. The van der Waals surface area contributed by atoms with Gasteiger partial charge in [-0.1, -0.05) is 18.5 Å². The Kier molecular flexibility index (Phi) is 4.58. The summed E-state index contributed by atoms with van der Waals surface area (Å²) in [4.78, 5) is 14.3. The molecular formula is C14H17Cl2NO2. The van der Waals surface area contributed by atoms with Gasteiger partial charge in [0.05, 0.1) is 18.1 Å². The first-order valence-electron chi connectivity index (χ1n) is 6.29. The van der Waals surface area contributed by atoms with E-state index in [1.165, 1.54) is 7.11 Å². The number of likely N-dealkylation sites (tertiary alicyclic amines) is 1. The molecule has 1 saturated heterocycles. The number of nitrogens with zero attached hydrogens (tertiary/aromatic N) is 1. The SMILES string of the molecule is COc1cc(Cl)ccc1C(=O)N1CCC(C)C(Cl)C1. The molecule has 1 aliphatic rings. The predicted molar refractivity (Wildman–Crippen MR) is 77.3 cm³/mol. The van der Waals surface area contributed by atoms with Crippen molar-refractivity contribution >= 4 is 29.1 Å². The summed E-state index contributed by atoms with van der Waals surface area (Å²) in [6.07, 6.45) is 0.926. The Labute approximate surface area is 123 Å². The van der Waals surface area contributed by atoms with Gasteiger partial charge in [-0.2, -0.15) is 0 Å². The van der Waals surface area contributed by atoms with E-state index < -0.39 is 0 Å². The smallest absolute Gasteiger partial charge is 0.257 e. The second-order valence-corrected chi connectivity index (χ2v) is 5.87. The first kappa shape index (κ1) is 14.5.